The van der Waals surface area contributed by atoms with Crippen molar-refractivity contribution in [2.24, 2.45) is 5.92 Å². The van der Waals surface area contributed by atoms with Gasteiger partial charge >= 0.3 is 0 Å². The van der Waals surface area contributed by atoms with Crippen LogP contribution < -0.4 is 0 Å². The maximum atomic E-state index is 10.3. The third-order valence-electron chi connectivity index (χ3n) is 3.75. The van der Waals surface area contributed by atoms with Gasteiger partial charge in [0.25, 0.3) is 0 Å². The summed E-state index contributed by atoms with van der Waals surface area (Å²) in [5.74, 6) is 0.266. The summed E-state index contributed by atoms with van der Waals surface area (Å²) in [7, 11) is 0. The standard InChI is InChI=1S/C16H24O2S/c1-3-4-6-11-14(17)15-12(2)18-16(15)19-13-9-7-5-8-10-13/h5,7-10,12,14-17H,3-4,6,11H2,1-2H3/t12-,14-,15+,16+/m1/s1. The molecule has 4 atom stereocenters. The van der Waals surface area contributed by atoms with Gasteiger partial charge in [-0.1, -0.05) is 56.1 Å². The Hall–Kier alpha value is -0.510. The quantitative estimate of drug-likeness (QED) is 0.763. The molecular weight excluding hydrogens is 256 g/mol. The van der Waals surface area contributed by atoms with E-state index in [1.54, 1.807) is 11.8 Å². The van der Waals surface area contributed by atoms with Crippen molar-refractivity contribution in [3.63, 3.8) is 0 Å². The molecule has 0 amide bonds. The number of benzene rings is 1. The Balaban J connectivity index is 1.85. The van der Waals surface area contributed by atoms with Crippen LogP contribution in [0.3, 0.4) is 0 Å². The lowest BCUT2D eigenvalue weighted by molar-refractivity contribution is -0.169. The largest absolute Gasteiger partial charge is 0.393 e. The zero-order valence-corrected chi connectivity index (χ0v) is 12.6. The smallest absolute Gasteiger partial charge is 0.115 e. The van der Waals surface area contributed by atoms with Crippen molar-refractivity contribution in [1.29, 1.82) is 0 Å². The number of unbranched alkanes of at least 4 members (excludes halogenated alkanes) is 2. The van der Waals surface area contributed by atoms with Gasteiger partial charge in [-0.25, -0.2) is 0 Å². The van der Waals surface area contributed by atoms with Gasteiger partial charge in [-0.05, 0) is 25.5 Å². The molecule has 0 unspecified atom stereocenters. The van der Waals surface area contributed by atoms with Crippen LogP contribution in [0.2, 0.25) is 0 Å². The third-order valence-corrected chi connectivity index (χ3v) is 4.95. The Labute approximate surface area is 120 Å². The molecule has 3 heteroatoms. The molecule has 0 aliphatic carbocycles. The summed E-state index contributed by atoms with van der Waals surface area (Å²) < 4.78 is 5.79. The lowest BCUT2D eigenvalue weighted by Gasteiger charge is -2.45. The molecule has 1 aromatic rings. The Morgan fingerprint density at radius 2 is 2.00 bits per heavy atom. The minimum absolute atomic E-state index is 0.106. The van der Waals surface area contributed by atoms with Crippen molar-refractivity contribution in [2.45, 2.75) is 62.1 Å². The van der Waals surface area contributed by atoms with Crippen molar-refractivity contribution in [1.82, 2.24) is 0 Å². The van der Waals surface area contributed by atoms with Gasteiger partial charge in [0.15, 0.2) is 0 Å². The average Bonchev–Trinajstić information content (AvgIpc) is 2.39. The van der Waals surface area contributed by atoms with E-state index in [-0.39, 0.29) is 23.6 Å². The highest BCUT2D eigenvalue weighted by molar-refractivity contribution is 7.99. The van der Waals surface area contributed by atoms with Gasteiger partial charge in [0.05, 0.1) is 12.2 Å². The molecule has 1 aliphatic rings. The number of aliphatic hydroxyl groups excluding tert-OH is 1. The number of rotatable bonds is 7. The molecule has 0 spiro atoms. The van der Waals surface area contributed by atoms with Crippen molar-refractivity contribution >= 4 is 11.8 Å². The molecule has 2 nitrogen and oxygen atoms in total. The molecule has 1 aromatic carbocycles. The van der Waals surface area contributed by atoms with E-state index in [0.717, 1.165) is 12.8 Å². The summed E-state index contributed by atoms with van der Waals surface area (Å²) in [5.41, 5.74) is 0.106. The fourth-order valence-electron chi connectivity index (χ4n) is 2.55. The van der Waals surface area contributed by atoms with Crippen LogP contribution in [0.5, 0.6) is 0 Å². The lowest BCUT2D eigenvalue weighted by atomic mass is 9.89. The van der Waals surface area contributed by atoms with Crippen LogP contribution in [0.1, 0.15) is 39.5 Å². The van der Waals surface area contributed by atoms with Gasteiger partial charge in [0, 0.05) is 10.8 Å². The van der Waals surface area contributed by atoms with Crippen LogP contribution in [0.25, 0.3) is 0 Å². The molecule has 1 aliphatic heterocycles. The second-order valence-corrected chi connectivity index (χ2v) is 6.45. The van der Waals surface area contributed by atoms with Crippen molar-refractivity contribution < 1.29 is 9.84 Å². The molecule has 0 bridgehead atoms. The predicted octanol–water partition coefficient (Wildman–Crippen LogP) is 4.08. The zero-order valence-electron chi connectivity index (χ0n) is 11.8. The van der Waals surface area contributed by atoms with Crippen LogP contribution in [-0.4, -0.2) is 22.8 Å². The minimum Gasteiger partial charge on any atom is -0.393 e. The molecule has 19 heavy (non-hydrogen) atoms. The van der Waals surface area contributed by atoms with Crippen molar-refractivity contribution in [3.05, 3.63) is 30.3 Å². The van der Waals surface area contributed by atoms with Crippen LogP contribution in [0, 0.1) is 5.92 Å². The first-order valence-electron chi connectivity index (χ1n) is 7.27. The van der Waals surface area contributed by atoms with Crippen molar-refractivity contribution in [2.75, 3.05) is 0 Å². The van der Waals surface area contributed by atoms with E-state index in [0.29, 0.717) is 0 Å². The van der Waals surface area contributed by atoms with E-state index in [9.17, 15) is 5.11 Å². The fourth-order valence-corrected chi connectivity index (χ4v) is 3.93. The summed E-state index contributed by atoms with van der Waals surface area (Å²) in [6, 6.07) is 10.3. The van der Waals surface area contributed by atoms with E-state index < -0.39 is 0 Å². The molecule has 0 radical (unpaired) electrons. The van der Waals surface area contributed by atoms with Gasteiger partial charge < -0.3 is 9.84 Å². The number of ether oxygens (including phenoxy) is 1. The van der Waals surface area contributed by atoms with Gasteiger partial charge in [0.1, 0.15) is 5.44 Å². The summed E-state index contributed by atoms with van der Waals surface area (Å²) >= 11 is 1.73. The summed E-state index contributed by atoms with van der Waals surface area (Å²) in [4.78, 5) is 1.21. The SMILES string of the molecule is CCCCC[C@@H](O)[C@@H]1[C@@H](C)O[C@H]1Sc1ccccc1. The van der Waals surface area contributed by atoms with E-state index in [4.69, 9.17) is 4.74 Å². The number of thioether (sulfide) groups is 1. The monoisotopic (exact) mass is 280 g/mol. The number of aliphatic hydroxyl groups is 1. The maximum absolute atomic E-state index is 10.3. The summed E-state index contributed by atoms with van der Waals surface area (Å²) in [5, 5.41) is 10.3. The number of hydrogen-bond acceptors (Lipinski definition) is 3. The second kappa shape index (κ2) is 7.32. The molecular formula is C16H24O2S. The Morgan fingerprint density at radius 3 is 2.63 bits per heavy atom. The first-order chi connectivity index (χ1) is 9.22. The topological polar surface area (TPSA) is 29.5 Å². The van der Waals surface area contributed by atoms with Crippen LogP contribution in [0.4, 0.5) is 0 Å². The van der Waals surface area contributed by atoms with E-state index in [1.807, 2.05) is 18.2 Å². The van der Waals surface area contributed by atoms with Crippen LogP contribution in [0.15, 0.2) is 35.2 Å². The first kappa shape index (κ1) is 14.9. The Morgan fingerprint density at radius 1 is 1.26 bits per heavy atom. The lowest BCUT2D eigenvalue weighted by Crippen LogP contribution is -2.51. The highest BCUT2D eigenvalue weighted by Crippen LogP contribution is 2.42. The van der Waals surface area contributed by atoms with Crippen LogP contribution in [-0.2, 0) is 4.74 Å². The Bertz CT molecular complexity index is 368. The molecule has 106 valence electrons. The Kier molecular flexibility index (Phi) is 5.74. The normalized spacial score (nSPS) is 27.8. The third kappa shape index (κ3) is 3.98. The van der Waals surface area contributed by atoms with E-state index in [2.05, 4.69) is 26.0 Å². The highest BCUT2D eigenvalue weighted by atomic mass is 32.2. The van der Waals surface area contributed by atoms with Gasteiger partial charge in [-0.3, -0.25) is 0 Å². The molecule has 1 N–H and O–H groups in total. The van der Waals surface area contributed by atoms with Gasteiger partial charge in [0.2, 0.25) is 0 Å². The van der Waals surface area contributed by atoms with Crippen LogP contribution >= 0.6 is 11.8 Å². The minimum atomic E-state index is -0.225. The summed E-state index contributed by atoms with van der Waals surface area (Å²) in [6.45, 7) is 4.26. The van der Waals surface area contributed by atoms with Gasteiger partial charge in [-0.2, -0.15) is 0 Å². The molecule has 1 heterocycles. The van der Waals surface area contributed by atoms with Crippen molar-refractivity contribution in [3.8, 4) is 0 Å². The number of hydrogen-bond donors (Lipinski definition) is 1. The average molecular weight is 280 g/mol. The molecule has 2 rings (SSSR count). The predicted molar refractivity (Wildman–Crippen MR) is 80.3 cm³/mol. The summed E-state index contributed by atoms with van der Waals surface area (Å²) in [6.07, 6.45) is 4.37. The zero-order chi connectivity index (χ0) is 13.7. The van der Waals surface area contributed by atoms with Gasteiger partial charge in [-0.15, -0.1) is 0 Å². The maximum Gasteiger partial charge on any atom is 0.115 e. The van der Waals surface area contributed by atoms with E-state index >= 15 is 0 Å². The second-order valence-electron chi connectivity index (χ2n) is 5.28. The first-order valence-corrected chi connectivity index (χ1v) is 8.15. The van der Waals surface area contributed by atoms with E-state index in [1.165, 1.54) is 17.7 Å². The molecule has 0 saturated carbocycles. The molecule has 1 fully saturated rings. The molecule has 0 aromatic heterocycles. The molecule has 1 saturated heterocycles. The highest BCUT2D eigenvalue weighted by Gasteiger charge is 2.44. The fraction of sp³-hybridized carbons (Fsp3) is 0.625.